The molecule has 3 rings (SSSR count). The molecule has 120 valence electrons. The highest BCUT2D eigenvalue weighted by Crippen LogP contribution is 2.18. The molecular formula is C17H24N2O3. The maximum Gasteiger partial charge on any atom is 0.249 e. The first-order valence-electron chi connectivity index (χ1n) is 8.10. The summed E-state index contributed by atoms with van der Waals surface area (Å²) < 4.78 is 10.9. The minimum Gasteiger partial charge on any atom is -0.379 e. The molecule has 2 atom stereocenters. The minimum absolute atomic E-state index is 0.00370. The van der Waals surface area contributed by atoms with Crippen LogP contribution in [0.1, 0.15) is 24.4 Å². The number of carbonyl (C=O) groups is 1. The third-order valence-corrected chi connectivity index (χ3v) is 4.29. The molecule has 5 nitrogen and oxygen atoms in total. The van der Waals surface area contributed by atoms with E-state index in [1.165, 1.54) is 0 Å². The summed E-state index contributed by atoms with van der Waals surface area (Å²) in [5, 5.41) is 3.18. The Balaban J connectivity index is 1.66. The summed E-state index contributed by atoms with van der Waals surface area (Å²) in [4.78, 5) is 14.7. The topological polar surface area (TPSA) is 50.8 Å². The lowest BCUT2D eigenvalue weighted by molar-refractivity contribution is -0.131. The number of carbonyl (C=O) groups excluding carboxylic acids is 1. The lowest BCUT2D eigenvalue weighted by Gasteiger charge is -2.31. The fourth-order valence-electron chi connectivity index (χ4n) is 3.01. The monoisotopic (exact) mass is 304 g/mol. The zero-order valence-corrected chi connectivity index (χ0v) is 12.9. The summed E-state index contributed by atoms with van der Waals surface area (Å²) in [6, 6.07) is 10.2. The average Bonchev–Trinajstić information content (AvgIpc) is 3.11. The molecule has 2 fully saturated rings. The van der Waals surface area contributed by atoms with Crippen LogP contribution in [-0.2, 0) is 14.3 Å². The van der Waals surface area contributed by atoms with E-state index < -0.39 is 0 Å². The van der Waals surface area contributed by atoms with Crippen molar-refractivity contribution >= 4 is 5.91 Å². The maximum absolute atomic E-state index is 12.4. The summed E-state index contributed by atoms with van der Waals surface area (Å²) in [6.07, 6.45) is 1.51. The van der Waals surface area contributed by atoms with E-state index in [1.807, 2.05) is 18.2 Å². The van der Waals surface area contributed by atoms with Crippen LogP contribution < -0.4 is 5.32 Å². The van der Waals surface area contributed by atoms with E-state index in [1.54, 1.807) is 0 Å². The molecule has 1 amide bonds. The van der Waals surface area contributed by atoms with Gasteiger partial charge in [-0.05, 0) is 18.4 Å². The molecule has 0 spiro atoms. The fraction of sp³-hybridized carbons (Fsp3) is 0.588. The van der Waals surface area contributed by atoms with Gasteiger partial charge in [0.05, 0.1) is 19.3 Å². The third kappa shape index (κ3) is 4.06. The molecule has 1 N–H and O–H groups in total. The van der Waals surface area contributed by atoms with Gasteiger partial charge in [-0.15, -0.1) is 0 Å². The second kappa shape index (κ2) is 7.72. The Morgan fingerprint density at radius 3 is 2.68 bits per heavy atom. The number of benzene rings is 1. The second-order valence-corrected chi connectivity index (χ2v) is 5.89. The minimum atomic E-state index is -0.282. The van der Waals surface area contributed by atoms with Gasteiger partial charge >= 0.3 is 0 Å². The van der Waals surface area contributed by atoms with E-state index >= 15 is 0 Å². The number of hydrogen-bond acceptors (Lipinski definition) is 4. The molecule has 0 aromatic heterocycles. The van der Waals surface area contributed by atoms with Crippen LogP contribution in [0.5, 0.6) is 0 Å². The highest BCUT2D eigenvalue weighted by atomic mass is 16.5. The predicted octanol–water partition coefficient (Wildman–Crippen LogP) is 1.36. The molecular weight excluding hydrogens is 280 g/mol. The molecule has 1 aromatic carbocycles. The Morgan fingerprint density at radius 2 is 2.00 bits per heavy atom. The molecule has 1 aromatic rings. The van der Waals surface area contributed by atoms with Gasteiger partial charge in [0.25, 0.3) is 0 Å². The lowest BCUT2D eigenvalue weighted by Crippen LogP contribution is -2.45. The summed E-state index contributed by atoms with van der Waals surface area (Å²) in [6.45, 7) is 4.87. The molecule has 22 heavy (non-hydrogen) atoms. The van der Waals surface area contributed by atoms with Gasteiger partial charge in [0.2, 0.25) is 5.91 Å². The van der Waals surface area contributed by atoms with Crippen LogP contribution in [0.4, 0.5) is 0 Å². The first-order chi connectivity index (χ1) is 10.8. The van der Waals surface area contributed by atoms with Crippen molar-refractivity contribution < 1.29 is 14.3 Å². The van der Waals surface area contributed by atoms with Crippen LogP contribution in [-0.4, -0.2) is 56.4 Å². The molecule has 0 saturated carbocycles. The molecule has 2 aliphatic heterocycles. The zero-order chi connectivity index (χ0) is 15.2. The molecule has 0 bridgehead atoms. The van der Waals surface area contributed by atoms with Crippen LogP contribution in [0.3, 0.4) is 0 Å². The van der Waals surface area contributed by atoms with Gasteiger partial charge in [0.15, 0.2) is 0 Å². The van der Waals surface area contributed by atoms with Crippen LogP contribution in [0.15, 0.2) is 30.3 Å². The van der Waals surface area contributed by atoms with E-state index in [9.17, 15) is 4.79 Å². The highest BCUT2D eigenvalue weighted by Gasteiger charge is 2.27. The summed E-state index contributed by atoms with van der Waals surface area (Å²) in [5.41, 5.74) is 1.14. The van der Waals surface area contributed by atoms with Gasteiger partial charge in [-0.2, -0.15) is 0 Å². The summed E-state index contributed by atoms with van der Waals surface area (Å²) in [5.74, 6) is 0.0135. The third-order valence-electron chi connectivity index (χ3n) is 4.29. The SMILES string of the molecule is O=C(NC(CN1CCOCC1)c1ccccc1)C1CCCO1. The van der Waals surface area contributed by atoms with Crippen molar-refractivity contribution in [3.63, 3.8) is 0 Å². The number of hydrogen-bond donors (Lipinski definition) is 1. The smallest absolute Gasteiger partial charge is 0.249 e. The van der Waals surface area contributed by atoms with Gasteiger partial charge < -0.3 is 14.8 Å². The Hall–Kier alpha value is -1.43. The molecule has 5 heteroatoms. The number of morpholine rings is 1. The molecule has 0 radical (unpaired) electrons. The largest absolute Gasteiger partial charge is 0.379 e. The Morgan fingerprint density at radius 1 is 1.23 bits per heavy atom. The first-order valence-corrected chi connectivity index (χ1v) is 8.10. The predicted molar refractivity (Wildman–Crippen MR) is 83.6 cm³/mol. The van der Waals surface area contributed by atoms with Crippen LogP contribution in [0.2, 0.25) is 0 Å². The zero-order valence-electron chi connectivity index (χ0n) is 12.9. The Kier molecular flexibility index (Phi) is 5.43. The highest BCUT2D eigenvalue weighted by molar-refractivity contribution is 5.81. The Labute approximate surface area is 131 Å². The van der Waals surface area contributed by atoms with Crippen molar-refractivity contribution in [1.29, 1.82) is 0 Å². The average molecular weight is 304 g/mol. The normalized spacial score (nSPS) is 24.1. The van der Waals surface area contributed by atoms with Gasteiger partial charge in [0, 0.05) is 26.2 Å². The van der Waals surface area contributed by atoms with E-state index in [2.05, 4.69) is 22.3 Å². The van der Waals surface area contributed by atoms with Crippen LogP contribution in [0.25, 0.3) is 0 Å². The molecule has 2 aliphatic rings. The number of nitrogens with zero attached hydrogens (tertiary/aromatic N) is 1. The van der Waals surface area contributed by atoms with Gasteiger partial charge in [-0.1, -0.05) is 30.3 Å². The van der Waals surface area contributed by atoms with Gasteiger partial charge in [-0.25, -0.2) is 0 Å². The fourth-order valence-corrected chi connectivity index (χ4v) is 3.01. The van der Waals surface area contributed by atoms with Crippen molar-refractivity contribution in [1.82, 2.24) is 10.2 Å². The van der Waals surface area contributed by atoms with Gasteiger partial charge in [0.1, 0.15) is 6.10 Å². The van der Waals surface area contributed by atoms with E-state index in [-0.39, 0.29) is 18.1 Å². The summed E-state index contributed by atoms with van der Waals surface area (Å²) >= 11 is 0. The number of amides is 1. The van der Waals surface area contributed by atoms with E-state index in [0.29, 0.717) is 6.61 Å². The number of rotatable bonds is 5. The van der Waals surface area contributed by atoms with Crippen molar-refractivity contribution in [2.75, 3.05) is 39.5 Å². The lowest BCUT2D eigenvalue weighted by atomic mass is 10.1. The van der Waals surface area contributed by atoms with Crippen LogP contribution in [0, 0.1) is 0 Å². The van der Waals surface area contributed by atoms with Crippen LogP contribution >= 0.6 is 0 Å². The van der Waals surface area contributed by atoms with Crippen molar-refractivity contribution in [2.24, 2.45) is 0 Å². The number of ether oxygens (including phenoxy) is 2. The van der Waals surface area contributed by atoms with Crippen molar-refractivity contribution in [3.05, 3.63) is 35.9 Å². The molecule has 0 aliphatic carbocycles. The van der Waals surface area contributed by atoms with E-state index in [0.717, 1.165) is 51.3 Å². The molecule has 2 saturated heterocycles. The quantitative estimate of drug-likeness (QED) is 0.892. The van der Waals surface area contributed by atoms with E-state index in [4.69, 9.17) is 9.47 Å². The second-order valence-electron chi connectivity index (χ2n) is 5.89. The molecule has 2 unspecified atom stereocenters. The number of nitrogens with one attached hydrogen (secondary N) is 1. The first kappa shape index (κ1) is 15.5. The summed E-state index contributed by atoms with van der Waals surface area (Å²) in [7, 11) is 0. The molecule has 2 heterocycles. The van der Waals surface area contributed by atoms with Crippen molar-refractivity contribution in [2.45, 2.75) is 25.0 Å². The van der Waals surface area contributed by atoms with Gasteiger partial charge in [-0.3, -0.25) is 9.69 Å². The Bertz CT molecular complexity index is 468. The van der Waals surface area contributed by atoms with Crippen molar-refractivity contribution in [3.8, 4) is 0 Å². The maximum atomic E-state index is 12.4. The standard InChI is InChI=1S/C17H24N2O3/c20-17(16-7-4-10-22-16)18-15(14-5-2-1-3-6-14)13-19-8-11-21-12-9-19/h1-3,5-6,15-16H,4,7-13H2,(H,18,20).